The van der Waals surface area contributed by atoms with Crippen molar-refractivity contribution in [2.75, 3.05) is 38.7 Å². The number of pyridine rings is 1. The number of amides is 1. The summed E-state index contributed by atoms with van der Waals surface area (Å²) in [5.41, 5.74) is 1.42. The maximum absolute atomic E-state index is 12.2. The summed E-state index contributed by atoms with van der Waals surface area (Å²) in [6, 6.07) is 1.73. The zero-order valence-corrected chi connectivity index (χ0v) is 11.3. The quantitative estimate of drug-likeness (QED) is 0.748. The highest BCUT2D eigenvalue weighted by Gasteiger charge is 2.15. The van der Waals surface area contributed by atoms with E-state index in [2.05, 4.69) is 10.3 Å². The van der Waals surface area contributed by atoms with Gasteiger partial charge < -0.3 is 15.0 Å². The highest BCUT2D eigenvalue weighted by atomic mass is 16.5. The largest absolute Gasteiger partial charge is 0.383 e. The number of likely N-dealkylation sites (N-methyl/N-ethyl adjacent to an activating group) is 1. The summed E-state index contributed by atoms with van der Waals surface area (Å²) >= 11 is 0. The van der Waals surface area contributed by atoms with Crippen LogP contribution < -0.4 is 5.32 Å². The summed E-state index contributed by atoms with van der Waals surface area (Å²) in [7, 11) is 1.78. The van der Waals surface area contributed by atoms with Crippen molar-refractivity contribution in [3.05, 3.63) is 24.0 Å². The van der Waals surface area contributed by atoms with Gasteiger partial charge in [-0.3, -0.25) is 9.78 Å². The van der Waals surface area contributed by atoms with Crippen molar-refractivity contribution in [3.8, 4) is 0 Å². The first-order valence-corrected chi connectivity index (χ1v) is 6.21. The van der Waals surface area contributed by atoms with E-state index in [1.54, 1.807) is 30.4 Å². The Hall–Kier alpha value is -1.62. The van der Waals surface area contributed by atoms with Crippen LogP contribution in [0.3, 0.4) is 0 Å². The number of carbonyl (C=O) groups is 1. The highest BCUT2D eigenvalue weighted by Crippen LogP contribution is 2.14. The molecule has 5 heteroatoms. The molecule has 0 aliphatic heterocycles. The molecule has 0 radical (unpaired) electrons. The van der Waals surface area contributed by atoms with Crippen molar-refractivity contribution in [1.82, 2.24) is 9.88 Å². The molecule has 1 aromatic heterocycles. The van der Waals surface area contributed by atoms with Crippen molar-refractivity contribution < 1.29 is 9.53 Å². The number of ether oxygens (including phenoxy) is 1. The predicted molar refractivity (Wildman–Crippen MR) is 71.9 cm³/mol. The number of hydrogen-bond acceptors (Lipinski definition) is 4. The molecule has 1 amide bonds. The Morgan fingerprint density at radius 1 is 1.50 bits per heavy atom. The van der Waals surface area contributed by atoms with E-state index in [0.717, 1.165) is 12.2 Å². The zero-order valence-electron chi connectivity index (χ0n) is 11.3. The molecule has 0 aliphatic carbocycles. The Labute approximate surface area is 108 Å². The lowest BCUT2D eigenvalue weighted by molar-refractivity contribution is 0.0710. The van der Waals surface area contributed by atoms with Crippen molar-refractivity contribution in [3.63, 3.8) is 0 Å². The van der Waals surface area contributed by atoms with Crippen LogP contribution >= 0.6 is 0 Å². The Balaban J connectivity index is 2.70. The van der Waals surface area contributed by atoms with Crippen LogP contribution in [0.1, 0.15) is 24.2 Å². The molecule has 5 nitrogen and oxygen atoms in total. The van der Waals surface area contributed by atoms with Gasteiger partial charge in [-0.25, -0.2) is 0 Å². The standard InChI is InChI=1S/C13H21N3O2/c1-4-15-12-10-14-7-6-11(12)13(17)16(3)8-9-18-5-2/h6-7,10,15H,4-5,8-9H2,1-3H3. The summed E-state index contributed by atoms with van der Waals surface area (Å²) in [5.74, 6) is -0.0203. The Bertz CT molecular complexity index is 382. The van der Waals surface area contributed by atoms with Gasteiger partial charge >= 0.3 is 0 Å². The molecular formula is C13H21N3O2. The molecule has 0 aromatic carbocycles. The number of nitrogens with zero attached hydrogens (tertiary/aromatic N) is 2. The molecule has 0 bridgehead atoms. The third-order valence-corrected chi connectivity index (χ3v) is 2.54. The van der Waals surface area contributed by atoms with Gasteiger partial charge in [0.2, 0.25) is 0 Å². The minimum absolute atomic E-state index is 0.0203. The molecule has 0 aliphatic rings. The molecule has 1 heterocycles. The van der Waals surface area contributed by atoms with Gasteiger partial charge in [0.05, 0.1) is 24.1 Å². The minimum atomic E-state index is -0.0203. The Kier molecular flexibility index (Phi) is 6.14. The van der Waals surface area contributed by atoms with Crippen molar-refractivity contribution in [1.29, 1.82) is 0 Å². The van der Waals surface area contributed by atoms with Crippen LogP contribution in [-0.4, -0.2) is 49.1 Å². The van der Waals surface area contributed by atoms with Gasteiger partial charge in [-0.2, -0.15) is 0 Å². The van der Waals surface area contributed by atoms with E-state index in [1.165, 1.54) is 0 Å². The molecule has 1 aromatic rings. The van der Waals surface area contributed by atoms with Crippen LogP contribution in [0.25, 0.3) is 0 Å². The topological polar surface area (TPSA) is 54.5 Å². The van der Waals surface area contributed by atoms with Crippen LogP contribution in [0.4, 0.5) is 5.69 Å². The molecule has 18 heavy (non-hydrogen) atoms. The van der Waals surface area contributed by atoms with Gasteiger partial charge in [0, 0.05) is 32.9 Å². The number of aromatic nitrogens is 1. The molecule has 100 valence electrons. The lowest BCUT2D eigenvalue weighted by Crippen LogP contribution is -2.30. The third-order valence-electron chi connectivity index (χ3n) is 2.54. The van der Waals surface area contributed by atoms with Crippen molar-refractivity contribution in [2.24, 2.45) is 0 Å². The second-order valence-electron chi connectivity index (χ2n) is 3.88. The highest BCUT2D eigenvalue weighted by molar-refractivity contribution is 5.99. The van der Waals surface area contributed by atoms with Gasteiger partial charge in [-0.1, -0.05) is 0 Å². The van der Waals surface area contributed by atoms with E-state index in [-0.39, 0.29) is 5.91 Å². The molecule has 1 rings (SSSR count). The van der Waals surface area contributed by atoms with Crippen LogP contribution in [0, 0.1) is 0 Å². The summed E-state index contributed by atoms with van der Waals surface area (Å²) in [6.07, 6.45) is 3.30. The van der Waals surface area contributed by atoms with Crippen LogP contribution in [-0.2, 0) is 4.74 Å². The maximum atomic E-state index is 12.2. The molecule has 0 spiro atoms. The molecule has 0 unspecified atom stereocenters. The van der Waals surface area contributed by atoms with E-state index >= 15 is 0 Å². The minimum Gasteiger partial charge on any atom is -0.383 e. The molecule has 0 fully saturated rings. The number of anilines is 1. The molecular weight excluding hydrogens is 230 g/mol. The first-order chi connectivity index (χ1) is 8.70. The third kappa shape index (κ3) is 4.00. The fraction of sp³-hybridized carbons (Fsp3) is 0.538. The van der Waals surface area contributed by atoms with Gasteiger partial charge in [-0.15, -0.1) is 0 Å². The average Bonchev–Trinajstić information content (AvgIpc) is 2.39. The molecule has 0 saturated carbocycles. The maximum Gasteiger partial charge on any atom is 0.255 e. The summed E-state index contributed by atoms with van der Waals surface area (Å²) in [4.78, 5) is 17.9. The fourth-order valence-corrected chi connectivity index (χ4v) is 1.57. The summed E-state index contributed by atoms with van der Waals surface area (Å²) in [5, 5.41) is 3.14. The lowest BCUT2D eigenvalue weighted by Gasteiger charge is -2.18. The summed E-state index contributed by atoms with van der Waals surface area (Å²) < 4.78 is 5.25. The zero-order chi connectivity index (χ0) is 13.4. The first kappa shape index (κ1) is 14.4. The van der Waals surface area contributed by atoms with Crippen LogP contribution in [0.5, 0.6) is 0 Å². The number of carbonyl (C=O) groups excluding carboxylic acids is 1. The SMILES string of the molecule is CCNc1cnccc1C(=O)N(C)CCOCC. The Morgan fingerprint density at radius 2 is 2.28 bits per heavy atom. The van der Waals surface area contributed by atoms with E-state index in [0.29, 0.717) is 25.3 Å². The Morgan fingerprint density at radius 3 is 2.94 bits per heavy atom. The van der Waals surface area contributed by atoms with E-state index in [4.69, 9.17) is 4.74 Å². The predicted octanol–water partition coefficient (Wildman–Crippen LogP) is 1.62. The summed E-state index contributed by atoms with van der Waals surface area (Å²) in [6.45, 7) is 6.49. The van der Waals surface area contributed by atoms with Gasteiger partial charge in [0.25, 0.3) is 5.91 Å². The molecule has 0 atom stereocenters. The molecule has 1 N–H and O–H groups in total. The van der Waals surface area contributed by atoms with E-state index in [9.17, 15) is 4.79 Å². The number of hydrogen-bond donors (Lipinski definition) is 1. The van der Waals surface area contributed by atoms with Crippen molar-refractivity contribution in [2.45, 2.75) is 13.8 Å². The first-order valence-electron chi connectivity index (χ1n) is 6.21. The number of nitrogens with one attached hydrogen (secondary N) is 1. The lowest BCUT2D eigenvalue weighted by atomic mass is 10.2. The average molecular weight is 251 g/mol. The van der Waals surface area contributed by atoms with Crippen molar-refractivity contribution >= 4 is 11.6 Å². The van der Waals surface area contributed by atoms with Crippen LogP contribution in [0.2, 0.25) is 0 Å². The van der Waals surface area contributed by atoms with Gasteiger partial charge in [0.15, 0.2) is 0 Å². The second kappa shape index (κ2) is 7.66. The number of rotatable bonds is 7. The fourth-order valence-electron chi connectivity index (χ4n) is 1.57. The van der Waals surface area contributed by atoms with Crippen LogP contribution in [0.15, 0.2) is 18.5 Å². The molecule has 0 saturated heterocycles. The second-order valence-corrected chi connectivity index (χ2v) is 3.88. The van der Waals surface area contributed by atoms with E-state index < -0.39 is 0 Å². The smallest absolute Gasteiger partial charge is 0.255 e. The van der Waals surface area contributed by atoms with Gasteiger partial charge in [0.1, 0.15) is 0 Å². The van der Waals surface area contributed by atoms with Gasteiger partial charge in [-0.05, 0) is 19.9 Å². The van der Waals surface area contributed by atoms with E-state index in [1.807, 2.05) is 13.8 Å². The monoisotopic (exact) mass is 251 g/mol. The normalized spacial score (nSPS) is 10.2.